The fourth-order valence-corrected chi connectivity index (χ4v) is 2.81. The summed E-state index contributed by atoms with van der Waals surface area (Å²) in [6.07, 6.45) is 1.71. The zero-order valence-electron chi connectivity index (χ0n) is 11.6. The molecule has 0 aromatic rings. The van der Waals surface area contributed by atoms with Crippen molar-refractivity contribution in [2.45, 2.75) is 32.3 Å². The number of carboxylic acids is 1. The normalized spacial score (nSPS) is 24.6. The van der Waals surface area contributed by atoms with E-state index in [1.54, 1.807) is 4.90 Å². The molecule has 2 fully saturated rings. The second kappa shape index (κ2) is 5.09. The minimum Gasteiger partial charge on any atom is -0.480 e. The summed E-state index contributed by atoms with van der Waals surface area (Å²) < 4.78 is 5.32. The zero-order chi connectivity index (χ0) is 14.1. The third-order valence-electron chi connectivity index (χ3n) is 4.11. The van der Waals surface area contributed by atoms with Crippen LogP contribution in [0, 0.1) is 5.41 Å². The second-order valence-electron chi connectivity index (χ2n) is 6.10. The number of hydrogen-bond acceptors (Lipinski definition) is 4. The van der Waals surface area contributed by atoms with E-state index in [2.05, 4.69) is 5.32 Å². The molecule has 2 aliphatic rings. The molecule has 0 saturated carbocycles. The van der Waals surface area contributed by atoms with Crippen molar-refractivity contribution >= 4 is 11.9 Å². The van der Waals surface area contributed by atoms with E-state index >= 15 is 0 Å². The number of carbonyl (C=O) groups excluding carboxylic acids is 1. The summed E-state index contributed by atoms with van der Waals surface area (Å²) in [5, 5.41) is 11.9. The van der Waals surface area contributed by atoms with Gasteiger partial charge in [0.2, 0.25) is 5.91 Å². The third kappa shape index (κ3) is 3.06. The molecule has 2 rings (SSSR count). The molecule has 0 radical (unpaired) electrons. The maximum absolute atomic E-state index is 12.5. The standard InChI is InChI=1S/C13H22N2O4/c1-12(3-5-14-6-4-12)11(18)15-8-13(2,9-15)19-7-10(16)17/h14H,3-9H2,1-2H3,(H,16,17). The van der Waals surface area contributed by atoms with Gasteiger partial charge in [-0.25, -0.2) is 4.79 Å². The van der Waals surface area contributed by atoms with E-state index in [-0.39, 0.29) is 17.9 Å². The summed E-state index contributed by atoms with van der Waals surface area (Å²) in [7, 11) is 0. The number of rotatable bonds is 4. The molecule has 2 saturated heterocycles. The molecule has 2 N–H and O–H groups in total. The number of carbonyl (C=O) groups is 2. The van der Waals surface area contributed by atoms with Gasteiger partial charge in [0.25, 0.3) is 0 Å². The second-order valence-corrected chi connectivity index (χ2v) is 6.10. The van der Waals surface area contributed by atoms with Crippen LogP contribution in [0.1, 0.15) is 26.7 Å². The Morgan fingerprint density at radius 2 is 1.84 bits per heavy atom. The molecule has 108 valence electrons. The van der Waals surface area contributed by atoms with Crippen LogP contribution < -0.4 is 5.32 Å². The maximum Gasteiger partial charge on any atom is 0.329 e. The summed E-state index contributed by atoms with van der Waals surface area (Å²) in [5.74, 6) is -0.804. The summed E-state index contributed by atoms with van der Waals surface area (Å²) in [5.41, 5.74) is -0.781. The Hall–Kier alpha value is -1.14. The Labute approximate surface area is 113 Å². The first-order chi connectivity index (χ1) is 8.85. The van der Waals surface area contributed by atoms with Crippen LogP contribution in [-0.4, -0.2) is 60.3 Å². The Morgan fingerprint density at radius 3 is 2.37 bits per heavy atom. The molecule has 0 bridgehead atoms. The third-order valence-corrected chi connectivity index (χ3v) is 4.11. The first-order valence-electron chi connectivity index (χ1n) is 6.71. The van der Waals surface area contributed by atoms with Gasteiger partial charge in [-0.05, 0) is 32.9 Å². The van der Waals surface area contributed by atoms with Crippen molar-refractivity contribution in [3.8, 4) is 0 Å². The molecule has 0 atom stereocenters. The van der Waals surface area contributed by atoms with Gasteiger partial charge in [-0.1, -0.05) is 6.92 Å². The zero-order valence-corrected chi connectivity index (χ0v) is 11.6. The van der Waals surface area contributed by atoms with Crippen LogP contribution in [0.4, 0.5) is 0 Å². The fourth-order valence-electron chi connectivity index (χ4n) is 2.81. The highest BCUT2D eigenvalue weighted by Crippen LogP contribution is 2.35. The van der Waals surface area contributed by atoms with E-state index in [0.717, 1.165) is 25.9 Å². The molecule has 1 amide bonds. The monoisotopic (exact) mass is 270 g/mol. The number of amides is 1. The van der Waals surface area contributed by atoms with Crippen molar-refractivity contribution in [2.24, 2.45) is 5.41 Å². The number of hydrogen-bond donors (Lipinski definition) is 2. The first kappa shape index (κ1) is 14.3. The van der Waals surface area contributed by atoms with E-state index in [1.165, 1.54) is 0 Å². The number of ether oxygens (including phenoxy) is 1. The van der Waals surface area contributed by atoms with Crippen LogP contribution in [0.25, 0.3) is 0 Å². The van der Waals surface area contributed by atoms with Gasteiger partial charge >= 0.3 is 5.97 Å². The van der Waals surface area contributed by atoms with Crippen molar-refractivity contribution in [1.29, 1.82) is 0 Å². The molecule has 6 heteroatoms. The van der Waals surface area contributed by atoms with Gasteiger partial charge in [0, 0.05) is 5.41 Å². The number of carboxylic acid groups (broad SMARTS) is 1. The summed E-state index contributed by atoms with van der Waals surface area (Å²) in [4.78, 5) is 24.7. The average molecular weight is 270 g/mol. The van der Waals surface area contributed by atoms with E-state index < -0.39 is 11.6 Å². The fraction of sp³-hybridized carbons (Fsp3) is 0.846. The lowest BCUT2D eigenvalue weighted by molar-refractivity contribution is -0.179. The van der Waals surface area contributed by atoms with Gasteiger partial charge in [0.15, 0.2) is 0 Å². The number of nitrogens with zero attached hydrogens (tertiary/aromatic N) is 1. The highest BCUT2D eigenvalue weighted by molar-refractivity contribution is 5.83. The lowest BCUT2D eigenvalue weighted by Crippen LogP contribution is -2.66. The summed E-state index contributed by atoms with van der Waals surface area (Å²) in [6, 6.07) is 0. The van der Waals surface area contributed by atoms with Crippen molar-refractivity contribution in [2.75, 3.05) is 32.8 Å². The summed E-state index contributed by atoms with van der Waals surface area (Å²) in [6.45, 7) is 6.30. The van der Waals surface area contributed by atoms with Crippen molar-refractivity contribution in [1.82, 2.24) is 10.2 Å². The minimum atomic E-state index is -0.976. The quantitative estimate of drug-likeness (QED) is 0.756. The molecular weight excluding hydrogens is 248 g/mol. The minimum absolute atomic E-state index is 0.172. The van der Waals surface area contributed by atoms with Gasteiger partial charge in [-0.15, -0.1) is 0 Å². The predicted molar refractivity (Wildman–Crippen MR) is 68.8 cm³/mol. The van der Waals surface area contributed by atoms with Crippen LogP contribution in [-0.2, 0) is 14.3 Å². The molecule has 0 aromatic heterocycles. The number of likely N-dealkylation sites (tertiary alicyclic amines) is 1. The maximum atomic E-state index is 12.5. The van der Waals surface area contributed by atoms with E-state index in [9.17, 15) is 9.59 Å². The van der Waals surface area contributed by atoms with Crippen LogP contribution in [0.2, 0.25) is 0 Å². The van der Waals surface area contributed by atoms with Crippen molar-refractivity contribution < 1.29 is 19.4 Å². The smallest absolute Gasteiger partial charge is 0.329 e. The lowest BCUT2D eigenvalue weighted by Gasteiger charge is -2.50. The van der Waals surface area contributed by atoms with Gasteiger partial charge < -0.3 is 20.1 Å². The Morgan fingerprint density at radius 1 is 1.26 bits per heavy atom. The topological polar surface area (TPSA) is 78.9 Å². The summed E-state index contributed by atoms with van der Waals surface area (Å²) >= 11 is 0. The Kier molecular flexibility index (Phi) is 3.82. The van der Waals surface area contributed by atoms with E-state index in [1.807, 2.05) is 13.8 Å². The molecule has 6 nitrogen and oxygen atoms in total. The predicted octanol–water partition coefficient (Wildman–Crippen LogP) is 0.0782. The molecule has 19 heavy (non-hydrogen) atoms. The molecular formula is C13H22N2O4. The highest BCUT2D eigenvalue weighted by atomic mass is 16.5. The molecule has 2 heterocycles. The van der Waals surface area contributed by atoms with Crippen LogP contribution in [0.5, 0.6) is 0 Å². The molecule has 0 aliphatic carbocycles. The highest BCUT2D eigenvalue weighted by Gasteiger charge is 2.47. The Balaban J connectivity index is 1.85. The van der Waals surface area contributed by atoms with Crippen molar-refractivity contribution in [3.63, 3.8) is 0 Å². The molecule has 2 aliphatic heterocycles. The number of aliphatic carboxylic acids is 1. The van der Waals surface area contributed by atoms with E-state index in [0.29, 0.717) is 13.1 Å². The van der Waals surface area contributed by atoms with Gasteiger partial charge in [0.05, 0.1) is 13.1 Å². The largest absolute Gasteiger partial charge is 0.480 e. The van der Waals surface area contributed by atoms with Gasteiger partial charge in [-0.2, -0.15) is 0 Å². The molecule has 0 unspecified atom stereocenters. The average Bonchev–Trinajstić information content (AvgIpc) is 2.33. The molecule has 0 aromatic carbocycles. The SMILES string of the molecule is CC1(OCC(=O)O)CN(C(=O)C2(C)CCNCC2)C1. The van der Waals surface area contributed by atoms with Gasteiger partial charge in [0.1, 0.15) is 12.2 Å². The first-order valence-corrected chi connectivity index (χ1v) is 6.71. The Bertz CT molecular complexity index is 371. The van der Waals surface area contributed by atoms with Gasteiger partial charge in [-0.3, -0.25) is 4.79 Å². The molecule has 0 spiro atoms. The van der Waals surface area contributed by atoms with Crippen LogP contribution in [0.3, 0.4) is 0 Å². The van der Waals surface area contributed by atoms with Crippen LogP contribution >= 0.6 is 0 Å². The lowest BCUT2D eigenvalue weighted by atomic mass is 9.78. The van der Waals surface area contributed by atoms with Crippen molar-refractivity contribution in [3.05, 3.63) is 0 Å². The number of nitrogens with one attached hydrogen (secondary N) is 1. The number of piperidine rings is 1. The van der Waals surface area contributed by atoms with E-state index in [4.69, 9.17) is 9.84 Å². The van der Waals surface area contributed by atoms with Crippen LogP contribution in [0.15, 0.2) is 0 Å².